The number of nitrogens with one attached hydrogen (secondary N) is 2. The van der Waals surface area contributed by atoms with Crippen LogP contribution < -0.4 is 15.5 Å². The van der Waals surface area contributed by atoms with Crippen molar-refractivity contribution in [3.63, 3.8) is 0 Å². The highest BCUT2D eigenvalue weighted by atomic mass is 16.5. The van der Waals surface area contributed by atoms with Crippen LogP contribution in [0.15, 0.2) is 77.9 Å². The molecule has 3 aromatic carbocycles. The van der Waals surface area contributed by atoms with E-state index >= 15 is 0 Å². The largest absolute Gasteiger partial charge is 0.497 e. The van der Waals surface area contributed by atoms with Gasteiger partial charge in [0.1, 0.15) is 5.75 Å². The van der Waals surface area contributed by atoms with E-state index in [0.29, 0.717) is 16.8 Å². The summed E-state index contributed by atoms with van der Waals surface area (Å²) >= 11 is 0. The number of amides is 2. The summed E-state index contributed by atoms with van der Waals surface area (Å²) < 4.78 is 5.10. The molecule has 0 aliphatic rings. The first-order valence-corrected chi connectivity index (χ1v) is 9.01. The van der Waals surface area contributed by atoms with Gasteiger partial charge in [-0.3, -0.25) is 9.59 Å². The van der Waals surface area contributed by atoms with Crippen molar-refractivity contribution >= 4 is 23.7 Å². The van der Waals surface area contributed by atoms with Crippen LogP contribution in [0.1, 0.15) is 31.8 Å². The van der Waals surface area contributed by atoms with Crippen molar-refractivity contribution in [2.24, 2.45) is 5.10 Å². The highest BCUT2D eigenvalue weighted by Gasteiger charge is 2.13. The smallest absolute Gasteiger partial charge is 0.273 e. The van der Waals surface area contributed by atoms with Crippen molar-refractivity contribution in [2.75, 3.05) is 12.4 Å². The number of hydrogen-bond donors (Lipinski definition) is 2. The van der Waals surface area contributed by atoms with Crippen molar-refractivity contribution in [3.05, 3.63) is 95.1 Å². The standard InChI is InChI=1S/C23H21N3O3/c1-16-7-11-18(12-8-16)22(27)25-21-6-4-3-5-20(21)23(28)26-24-15-17-9-13-19(29-2)14-10-17/h3-15H,1-2H3,(H,25,27)(H,26,28)/b24-15+. The van der Waals surface area contributed by atoms with E-state index in [-0.39, 0.29) is 5.91 Å². The van der Waals surface area contributed by atoms with Gasteiger partial charge in [0.05, 0.1) is 24.6 Å². The topological polar surface area (TPSA) is 79.8 Å². The summed E-state index contributed by atoms with van der Waals surface area (Å²) in [6.45, 7) is 1.95. The second-order valence-corrected chi connectivity index (χ2v) is 6.34. The Morgan fingerprint density at radius 1 is 0.897 bits per heavy atom. The SMILES string of the molecule is COc1ccc(/C=N/NC(=O)c2ccccc2NC(=O)c2ccc(C)cc2)cc1. The van der Waals surface area contributed by atoms with Crippen LogP contribution in [-0.2, 0) is 0 Å². The number of anilines is 1. The number of aryl methyl sites for hydroxylation is 1. The summed E-state index contributed by atoms with van der Waals surface area (Å²) in [7, 11) is 1.60. The predicted molar refractivity (Wildman–Crippen MR) is 114 cm³/mol. The summed E-state index contributed by atoms with van der Waals surface area (Å²) in [5, 5.41) is 6.77. The monoisotopic (exact) mass is 387 g/mol. The summed E-state index contributed by atoms with van der Waals surface area (Å²) in [4.78, 5) is 25.0. The molecule has 0 fully saturated rings. The van der Waals surface area contributed by atoms with Gasteiger partial charge in [-0.05, 0) is 61.0 Å². The van der Waals surface area contributed by atoms with E-state index < -0.39 is 5.91 Å². The number of ether oxygens (including phenoxy) is 1. The average molecular weight is 387 g/mol. The molecular formula is C23H21N3O3. The Morgan fingerprint density at radius 3 is 2.28 bits per heavy atom. The van der Waals surface area contributed by atoms with Gasteiger partial charge in [0, 0.05) is 5.56 Å². The van der Waals surface area contributed by atoms with Gasteiger partial charge < -0.3 is 10.1 Å². The van der Waals surface area contributed by atoms with E-state index in [1.54, 1.807) is 55.6 Å². The zero-order valence-electron chi connectivity index (χ0n) is 16.2. The first kappa shape index (κ1) is 19.8. The summed E-state index contributed by atoms with van der Waals surface area (Å²) in [6.07, 6.45) is 1.53. The Balaban J connectivity index is 1.68. The Kier molecular flexibility index (Phi) is 6.37. The van der Waals surface area contributed by atoms with Gasteiger partial charge in [-0.25, -0.2) is 5.43 Å². The molecule has 3 aromatic rings. The van der Waals surface area contributed by atoms with Gasteiger partial charge in [-0.2, -0.15) is 5.10 Å². The zero-order chi connectivity index (χ0) is 20.6. The fraction of sp³-hybridized carbons (Fsp3) is 0.0870. The van der Waals surface area contributed by atoms with Gasteiger partial charge >= 0.3 is 0 Å². The molecule has 0 radical (unpaired) electrons. The molecule has 0 atom stereocenters. The lowest BCUT2D eigenvalue weighted by Gasteiger charge is -2.10. The molecule has 6 heteroatoms. The number of para-hydroxylation sites is 1. The second-order valence-electron chi connectivity index (χ2n) is 6.34. The van der Waals surface area contributed by atoms with Crippen LogP contribution in [0.4, 0.5) is 5.69 Å². The molecule has 0 saturated carbocycles. The van der Waals surface area contributed by atoms with E-state index in [9.17, 15) is 9.59 Å². The van der Waals surface area contributed by atoms with E-state index in [1.807, 2.05) is 31.2 Å². The Labute approximate surface area is 169 Å². The Morgan fingerprint density at radius 2 is 1.59 bits per heavy atom. The number of rotatable bonds is 6. The van der Waals surface area contributed by atoms with Gasteiger partial charge in [0.15, 0.2) is 0 Å². The fourth-order valence-corrected chi connectivity index (χ4v) is 2.61. The van der Waals surface area contributed by atoms with Gasteiger partial charge in [-0.15, -0.1) is 0 Å². The van der Waals surface area contributed by atoms with E-state index in [0.717, 1.165) is 16.9 Å². The summed E-state index contributed by atoms with van der Waals surface area (Å²) in [5.41, 5.74) is 5.61. The molecule has 6 nitrogen and oxygen atoms in total. The average Bonchev–Trinajstić information content (AvgIpc) is 2.75. The molecular weight excluding hydrogens is 366 g/mol. The lowest BCUT2D eigenvalue weighted by Crippen LogP contribution is -2.21. The van der Waals surface area contributed by atoms with Crippen LogP contribution in [0.2, 0.25) is 0 Å². The van der Waals surface area contributed by atoms with Crippen molar-refractivity contribution < 1.29 is 14.3 Å². The van der Waals surface area contributed by atoms with E-state index in [4.69, 9.17) is 4.74 Å². The second kappa shape index (κ2) is 9.32. The highest BCUT2D eigenvalue weighted by molar-refractivity contribution is 6.09. The van der Waals surface area contributed by atoms with Crippen molar-refractivity contribution in [2.45, 2.75) is 6.92 Å². The molecule has 3 rings (SSSR count). The van der Waals surface area contributed by atoms with Crippen LogP contribution in [-0.4, -0.2) is 25.1 Å². The minimum atomic E-state index is -0.422. The maximum Gasteiger partial charge on any atom is 0.273 e. The van der Waals surface area contributed by atoms with Crippen molar-refractivity contribution in [1.29, 1.82) is 0 Å². The number of methoxy groups -OCH3 is 1. The van der Waals surface area contributed by atoms with Crippen LogP contribution >= 0.6 is 0 Å². The quantitative estimate of drug-likeness (QED) is 0.495. The first-order valence-electron chi connectivity index (χ1n) is 9.01. The van der Waals surface area contributed by atoms with Crippen molar-refractivity contribution in [3.8, 4) is 5.75 Å². The van der Waals surface area contributed by atoms with Gasteiger partial charge in [0.2, 0.25) is 0 Å². The maximum absolute atomic E-state index is 12.5. The van der Waals surface area contributed by atoms with Crippen LogP contribution in [0, 0.1) is 6.92 Å². The molecule has 0 aliphatic carbocycles. The number of nitrogens with zero attached hydrogens (tertiary/aromatic N) is 1. The third-order valence-electron chi connectivity index (χ3n) is 4.23. The normalized spacial score (nSPS) is 10.6. The third-order valence-corrected chi connectivity index (χ3v) is 4.23. The number of carbonyl (C=O) groups is 2. The molecule has 0 heterocycles. The fourth-order valence-electron chi connectivity index (χ4n) is 2.61. The lowest BCUT2D eigenvalue weighted by atomic mass is 10.1. The van der Waals surface area contributed by atoms with Crippen molar-refractivity contribution in [1.82, 2.24) is 5.43 Å². The molecule has 2 N–H and O–H groups in total. The van der Waals surface area contributed by atoms with Gasteiger partial charge in [0.25, 0.3) is 11.8 Å². The molecule has 0 aliphatic heterocycles. The van der Waals surface area contributed by atoms with Crippen LogP contribution in [0.3, 0.4) is 0 Å². The number of hydrogen-bond acceptors (Lipinski definition) is 4. The Hall–Kier alpha value is -3.93. The van der Waals surface area contributed by atoms with E-state index in [1.165, 1.54) is 6.21 Å². The minimum absolute atomic E-state index is 0.285. The molecule has 0 aromatic heterocycles. The van der Waals surface area contributed by atoms with E-state index in [2.05, 4.69) is 15.8 Å². The summed E-state index contributed by atoms with van der Waals surface area (Å²) in [5.74, 6) is 0.0333. The lowest BCUT2D eigenvalue weighted by molar-refractivity contribution is 0.0956. The number of hydrazone groups is 1. The molecule has 0 bridgehead atoms. The number of benzene rings is 3. The first-order chi connectivity index (χ1) is 14.1. The molecule has 0 unspecified atom stereocenters. The predicted octanol–water partition coefficient (Wildman–Crippen LogP) is 4.02. The Bertz CT molecular complexity index is 1030. The van der Waals surface area contributed by atoms with Crippen LogP contribution in [0.25, 0.3) is 0 Å². The van der Waals surface area contributed by atoms with Gasteiger partial charge in [-0.1, -0.05) is 29.8 Å². The molecule has 146 valence electrons. The third kappa shape index (κ3) is 5.29. The molecule has 2 amide bonds. The summed E-state index contributed by atoms with van der Waals surface area (Å²) in [6, 6.07) is 21.2. The van der Waals surface area contributed by atoms with Crippen LogP contribution in [0.5, 0.6) is 5.75 Å². The number of carbonyl (C=O) groups excluding carboxylic acids is 2. The minimum Gasteiger partial charge on any atom is -0.497 e. The molecule has 0 saturated heterocycles. The molecule has 29 heavy (non-hydrogen) atoms. The highest BCUT2D eigenvalue weighted by Crippen LogP contribution is 2.17. The zero-order valence-corrected chi connectivity index (χ0v) is 16.2. The molecule has 0 spiro atoms. The maximum atomic E-state index is 12.5.